The molecule has 188 valence electrons. The first kappa shape index (κ1) is 23.8. The molecule has 1 saturated carbocycles. The fourth-order valence-electron chi connectivity index (χ4n) is 5.02. The lowest BCUT2D eigenvalue weighted by Crippen LogP contribution is -2.37. The fraction of sp³-hybridized carbons (Fsp3) is 0.542. The molecular formula is C24H29F3N6O2. The van der Waals surface area contributed by atoms with E-state index < -0.39 is 28.7 Å². The summed E-state index contributed by atoms with van der Waals surface area (Å²) in [6.07, 6.45) is 5.85. The van der Waals surface area contributed by atoms with Gasteiger partial charge < -0.3 is 20.5 Å². The van der Waals surface area contributed by atoms with Crippen LogP contribution in [0.5, 0.6) is 0 Å². The Morgan fingerprint density at radius 3 is 2.40 bits per heavy atom. The molecule has 2 aromatic heterocycles. The van der Waals surface area contributed by atoms with Crippen molar-refractivity contribution in [2.75, 3.05) is 23.8 Å². The smallest absolute Gasteiger partial charge is 0.224 e. The topological polar surface area (TPSA) is 97.1 Å². The maximum absolute atomic E-state index is 14.3. The van der Waals surface area contributed by atoms with Gasteiger partial charge in [0.25, 0.3) is 0 Å². The van der Waals surface area contributed by atoms with Gasteiger partial charge >= 0.3 is 0 Å². The van der Waals surface area contributed by atoms with Gasteiger partial charge in [0.1, 0.15) is 17.0 Å². The third kappa shape index (κ3) is 4.92. The molecule has 1 saturated heterocycles. The Hall–Kier alpha value is -2.92. The molecule has 3 heterocycles. The van der Waals surface area contributed by atoms with E-state index in [4.69, 9.17) is 4.74 Å². The van der Waals surface area contributed by atoms with Crippen molar-refractivity contribution in [3.8, 4) is 0 Å². The molecule has 0 radical (unpaired) electrons. The minimum Gasteiger partial charge on any atom is -0.390 e. The predicted octanol–water partition coefficient (Wildman–Crippen LogP) is 4.69. The minimum absolute atomic E-state index is 0.140. The van der Waals surface area contributed by atoms with Crippen molar-refractivity contribution in [1.82, 2.24) is 19.5 Å². The summed E-state index contributed by atoms with van der Waals surface area (Å²) >= 11 is 0. The van der Waals surface area contributed by atoms with E-state index in [0.717, 1.165) is 25.7 Å². The van der Waals surface area contributed by atoms with E-state index in [1.807, 2.05) is 13.8 Å². The van der Waals surface area contributed by atoms with Crippen molar-refractivity contribution >= 4 is 28.7 Å². The minimum atomic E-state index is -1.06. The highest BCUT2D eigenvalue weighted by Gasteiger charge is 2.32. The molecule has 0 spiro atoms. The third-order valence-electron chi connectivity index (χ3n) is 7.01. The van der Waals surface area contributed by atoms with Crippen molar-refractivity contribution < 1.29 is 23.0 Å². The zero-order valence-corrected chi connectivity index (χ0v) is 19.7. The summed E-state index contributed by atoms with van der Waals surface area (Å²) in [5, 5.41) is 16.4. The maximum atomic E-state index is 14.3. The van der Waals surface area contributed by atoms with Crippen molar-refractivity contribution in [2.24, 2.45) is 5.92 Å². The van der Waals surface area contributed by atoms with Gasteiger partial charge in [0, 0.05) is 24.8 Å². The molecule has 1 aliphatic carbocycles. The summed E-state index contributed by atoms with van der Waals surface area (Å²) < 4.78 is 49.3. The van der Waals surface area contributed by atoms with Gasteiger partial charge in [-0.2, -0.15) is 4.98 Å². The molecule has 1 aromatic carbocycles. The van der Waals surface area contributed by atoms with Gasteiger partial charge in [-0.15, -0.1) is 0 Å². The highest BCUT2D eigenvalue weighted by Crippen LogP contribution is 2.35. The van der Waals surface area contributed by atoms with Crippen LogP contribution in [-0.4, -0.2) is 49.5 Å². The molecule has 3 N–H and O–H groups in total. The second-order valence-electron chi connectivity index (χ2n) is 9.94. The second kappa shape index (κ2) is 9.27. The van der Waals surface area contributed by atoms with Crippen LogP contribution >= 0.6 is 0 Å². The van der Waals surface area contributed by atoms with Gasteiger partial charge in [-0.25, -0.2) is 23.1 Å². The van der Waals surface area contributed by atoms with E-state index in [1.54, 1.807) is 10.8 Å². The van der Waals surface area contributed by atoms with Gasteiger partial charge in [-0.1, -0.05) is 0 Å². The van der Waals surface area contributed by atoms with Gasteiger partial charge in [-0.05, 0) is 51.9 Å². The van der Waals surface area contributed by atoms with E-state index in [-0.39, 0.29) is 23.9 Å². The first-order chi connectivity index (χ1) is 16.7. The van der Waals surface area contributed by atoms with Crippen LogP contribution in [0.1, 0.15) is 52.0 Å². The Morgan fingerprint density at radius 1 is 1.06 bits per heavy atom. The van der Waals surface area contributed by atoms with Crippen LogP contribution in [-0.2, 0) is 4.74 Å². The van der Waals surface area contributed by atoms with Crippen LogP contribution in [0.15, 0.2) is 18.3 Å². The number of nitrogens with zero attached hydrogens (tertiary/aromatic N) is 4. The summed E-state index contributed by atoms with van der Waals surface area (Å²) in [5.41, 5.74) is -0.215. The first-order valence-electron chi connectivity index (χ1n) is 11.9. The number of halogens is 3. The molecule has 2 fully saturated rings. The summed E-state index contributed by atoms with van der Waals surface area (Å²) in [6.45, 7) is 4.66. The van der Waals surface area contributed by atoms with Crippen LogP contribution in [0.2, 0.25) is 0 Å². The molecule has 0 unspecified atom stereocenters. The van der Waals surface area contributed by atoms with Crippen molar-refractivity contribution in [2.45, 2.75) is 63.6 Å². The monoisotopic (exact) mass is 490 g/mol. The number of aromatic nitrogens is 4. The molecule has 35 heavy (non-hydrogen) atoms. The van der Waals surface area contributed by atoms with Crippen LogP contribution in [0.25, 0.3) is 11.2 Å². The van der Waals surface area contributed by atoms with E-state index in [2.05, 4.69) is 25.6 Å². The number of aliphatic hydroxyl groups is 1. The number of ether oxygens (including phenoxy) is 1. The highest BCUT2D eigenvalue weighted by molar-refractivity contribution is 5.76. The zero-order valence-electron chi connectivity index (χ0n) is 19.7. The summed E-state index contributed by atoms with van der Waals surface area (Å²) in [7, 11) is 0. The largest absolute Gasteiger partial charge is 0.390 e. The molecule has 3 aromatic rings. The SMILES string of the molecule is CC(C)(O)[C@H]1CC[C@H](Nc2ncc3nc(Nc4c(F)cc(F)cc4F)n([C@@H]4CCOC4)c3n2)CC1. The maximum Gasteiger partial charge on any atom is 0.224 e. The first-order valence-corrected chi connectivity index (χ1v) is 11.9. The quantitative estimate of drug-likeness (QED) is 0.461. The Morgan fingerprint density at radius 2 is 1.77 bits per heavy atom. The number of hydrogen-bond acceptors (Lipinski definition) is 7. The average Bonchev–Trinajstić information content (AvgIpc) is 3.43. The predicted molar refractivity (Wildman–Crippen MR) is 125 cm³/mol. The second-order valence-corrected chi connectivity index (χ2v) is 9.94. The summed E-state index contributed by atoms with van der Waals surface area (Å²) in [5.74, 6) is -2.24. The van der Waals surface area contributed by atoms with Crippen molar-refractivity contribution in [1.29, 1.82) is 0 Å². The molecule has 5 rings (SSSR count). The molecule has 1 atom stereocenters. The van der Waals surface area contributed by atoms with Crippen LogP contribution < -0.4 is 10.6 Å². The van der Waals surface area contributed by atoms with Gasteiger partial charge in [0.2, 0.25) is 11.9 Å². The standard InChI is InChI=1S/C24H29F3N6O2/c1-24(2,34)13-3-5-15(6-4-13)29-22-28-11-19-21(32-22)33(16-7-8-35-12-16)23(30-19)31-20-17(26)9-14(25)10-18(20)27/h9-11,13,15-16,34H,3-8,12H2,1-2H3,(H,30,31)(H,28,29,32)/t13-,15-,16-/m1/s1. The number of rotatable bonds is 6. The lowest BCUT2D eigenvalue weighted by atomic mass is 9.77. The summed E-state index contributed by atoms with van der Waals surface area (Å²) in [6, 6.07) is 1.27. The molecule has 8 nitrogen and oxygen atoms in total. The Balaban J connectivity index is 1.44. The lowest BCUT2D eigenvalue weighted by Gasteiger charge is -2.36. The fourth-order valence-corrected chi connectivity index (χ4v) is 5.02. The number of benzene rings is 1. The molecule has 0 bridgehead atoms. The lowest BCUT2D eigenvalue weighted by molar-refractivity contribution is -0.000415. The Bertz CT molecular complexity index is 1190. The van der Waals surface area contributed by atoms with Crippen LogP contribution in [0.4, 0.5) is 30.8 Å². The van der Waals surface area contributed by atoms with Gasteiger partial charge in [0.15, 0.2) is 17.3 Å². The number of anilines is 3. The Kier molecular flexibility index (Phi) is 6.30. The number of imidazole rings is 1. The molecule has 1 aliphatic heterocycles. The molecule has 11 heteroatoms. The van der Waals surface area contributed by atoms with E-state index in [1.165, 1.54) is 0 Å². The van der Waals surface area contributed by atoms with E-state index in [9.17, 15) is 18.3 Å². The average molecular weight is 491 g/mol. The van der Waals surface area contributed by atoms with Gasteiger partial charge in [-0.3, -0.25) is 4.57 Å². The zero-order chi connectivity index (χ0) is 24.7. The van der Waals surface area contributed by atoms with E-state index in [0.29, 0.717) is 48.9 Å². The van der Waals surface area contributed by atoms with Crippen molar-refractivity contribution in [3.63, 3.8) is 0 Å². The number of hydrogen-bond donors (Lipinski definition) is 3. The van der Waals surface area contributed by atoms with E-state index >= 15 is 0 Å². The molecular weight excluding hydrogens is 461 g/mol. The van der Waals surface area contributed by atoms with Gasteiger partial charge in [0.05, 0.1) is 24.4 Å². The highest BCUT2D eigenvalue weighted by atomic mass is 19.1. The van der Waals surface area contributed by atoms with Crippen LogP contribution in [0, 0.1) is 23.4 Å². The third-order valence-corrected chi connectivity index (χ3v) is 7.01. The van der Waals surface area contributed by atoms with Crippen molar-refractivity contribution in [3.05, 3.63) is 35.8 Å². The Labute approximate surface area is 200 Å². The molecule has 2 aliphatic rings. The molecule has 0 amide bonds. The number of fused-ring (bicyclic) bond motifs is 1. The van der Waals surface area contributed by atoms with Crippen LogP contribution in [0.3, 0.4) is 0 Å². The number of nitrogens with one attached hydrogen (secondary N) is 2. The normalized spacial score (nSPS) is 23.1. The summed E-state index contributed by atoms with van der Waals surface area (Å²) in [4.78, 5) is 13.6.